The third-order valence-electron chi connectivity index (χ3n) is 4.61. The molecule has 1 saturated heterocycles. The Morgan fingerprint density at radius 3 is 2.65 bits per heavy atom. The summed E-state index contributed by atoms with van der Waals surface area (Å²) in [5.41, 5.74) is 1.09. The first kappa shape index (κ1) is 16.3. The summed E-state index contributed by atoms with van der Waals surface area (Å²) in [6.07, 6.45) is 0.201. The van der Waals surface area contributed by atoms with Crippen LogP contribution in [0.2, 0.25) is 0 Å². The van der Waals surface area contributed by atoms with E-state index in [0.717, 1.165) is 10.8 Å². The van der Waals surface area contributed by atoms with Crippen molar-refractivity contribution in [2.45, 2.75) is 12.5 Å². The quantitative estimate of drug-likeness (QED) is 0.787. The van der Waals surface area contributed by atoms with Gasteiger partial charge in [-0.05, 0) is 35.0 Å². The van der Waals surface area contributed by atoms with Crippen LogP contribution in [-0.2, 0) is 4.79 Å². The molecule has 1 aliphatic rings. The Bertz CT molecular complexity index is 997. The summed E-state index contributed by atoms with van der Waals surface area (Å²) >= 11 is 0. The molecule has 1 fully saturated rings. The molecule has 4 nitrogen and oxygen atoms in total. The third kappa shape index (κ3) is 3.04. The Balaban J connectivity index is 1.53. The Labute approximate surface area is 150 Å². The smallest absolute Gasteiger partial charge is 0.252 e. The Kier molecular flexibility index (Phi) is 4.13. The van der Waals surface area contributed by atoms with Crippen LogP contribution < -0.4 is 10.2 Å². The minimum absolute atomic E-state index is 0.126. The standard InChI is InChI=1S/C21H17FN2O2/c22-15-7-4-8-17(11-15)24-13-16(12-20(24)25)23-21(26)19-10-3-6-14-5-1-2-9-18(14)19/h1-11,16H,12-13H2,(H,23,26)/t16-/m0/s1. The zero-order valence-electron chi connectivity index (χ0n) is 14.0. The van der Waals surface area contributed by atoms with Gasteiger partial charge in [0.25, 0.3) is 5.91 Å². The van der Waals surface area contributed by atoms with Gasteiger partial charge < -0.3 is 10.2 Å². The van der Waals surface area contributed by atoms with Crippen LogP contribution in [0.25, 0.3) is 10.8 Å². The highest BCUT2D eigenvalue weighted by molar-refractivity contribution is 6.07. The molecule has 0 spiro atoms. The van der Waals surface area contributed by atoms with Crippen molar-refractivity contribution in [1.29, 1.82) is 0 Å². The largest absolute Gasteiger partial charge is 0.347 e. The van der Waals surface area contributed by atoms with E-state index in [9.17, 15) is 14.0 Å². The maximum Gasteiger partial charge on any atom is 0.252 e. The van der Waals surface area contributed by atoms with Crippen molar-refractivity contribution < 1.29 is 14.0 Å². The van der Waals surface area contributed by atoms with E-state index in [-0.39, 0.29) is 24.3 Å². The molecule has 1 heterocycles. The average Bonchev–Trinajstić information content (AvgIpc) is 3.01. The maximum absolute atomic E-state index is 13.4. The van der Waals surface area contributed by atoms with E-state index in [1.54, 1.807) is 18.2 Å². The van der Waals surface area contributed by atoms with E-state index in [4.69, 9.17) is 0 Å². The van der Waals surface area contributed by atoms with Crippen LogP contribution in [0.1, 0.15) is 16.8 Å². The Hall–Kier alpha value is -3.21. The summed E-state index contributed by atoms with van der Waals surface area (Å²) < 4.78 is 13.4. The van der Waals surface area contributed by atoms with Gasteiger partial charge in [-0.2, -0.15) is 0 Å². The molecule has 0 aliphatic carbocycles. The number of carbonyl (C=O) groups is 2. The van der Waals surface area contributed by atoms with E-state index in [0.29, 0.717) is 17.8 Å². The number of benzene rings is 3. The zero-order valence-corrected chi connectivity index (χ0v) is 14.0. The van der Waals surface area contributed by atoms with Crippen LogP contribution in [0.5, 0.6) is 0 Å². The highest BCUT2D eigenvalue weighted by Crippen LogP contribution is 2.23. The van der Waals surface area contributed by atoms with E-state index in [1.165, 1.54) is 17.0 Å². The molecule has 130 valence electrons. The molecule has 3 aromatic carbocycles. The Morgan fingerprint density at radius 2 is 1.81 bits per heavy atom. The van der Waals surface area contributed by atoms with Crippen molar-refractivity contribution in [3.05, 3.63) is 78.1 Å². The molecule has 0 saturated carbocycles. The van der Waals surface area contributed by atoms with Crippen LogP contribution in [0.3, 0.4) is 0 Å². The first-order valence-corrected chi connectivity index (χ1v) is 8.46. The molecule has 5 heteroatoms. The number of hydrogen-bond acceptors (Lipinski definition) is 2. The van der Waals surface area contributed by atoms with E-state index in [2.05, 4.69) is 5.32 Å². The third-order valence-corrected chi connectivity index (χ3v) is 4.61. The second-order valence-electron chi connectivity index (χ2n) is 6.39. The number of amides is 2. The fraction of sp³-hybridized carbons (Fsp3) is 0.143. The summed E-state index contributed by atoms with van der Waals surface area (Å²) in [6, 6.07) is 18.9. The SMILES string of the molecule is O=C(N[C@H]1CC(=O)N(c2cccc(F)c2)C1)c1cccc2ccccc12. The zero-order chi connectivity index (χ0) is 18.1. The van der Waals surface area contributed by atoms with Gasteiger partial charge in [-0.25, -0.2) is 4.39 Å². The van der Waals surface area contributed by atoms with Gasteiger partial charge in [-0.3, -0.25) is 9.59 Å². The van der Waals surface area contributed by atoms with Crippen molar-refractivity contribution in [2.24, 2.45) is 0 Å². The minimum atomic E-state index is -0.390. The summed E-state index contributed by atoms with van der Waals surface area (Å²) in [5, 5.41) is 4.80. The fourth-order valence-corrected chi connectivity index (χ4v) is 3.38. The van der Waals surface area contributed by atoms with Gasteiger partial charge in [0, 0.05) is 24.2 Å². The van der Waals surface area contributed by atoms with Crippen LogP contribution in [-0.4, -0.2) is 24.4 Å². The molecule has 0 radical (unpaired) electrons. The van der Waals surface area contributed by atoms with Gasteiger partial charge >= 0.3 is 0 Å². The molecule has 1 N–H and O–H groups in total. The van der Waals surface area contributed by atoms with Gasteiger partial charge in [-0.1, -0.05) is 42.5 Å². The van der Waals surface area contributed by atoms with Gasteiger partial charge in [0.2, 0.25) is 5.91 Å². The topological polar surface area (TPSA) is 49.4 Å². The highest BCUT2D eigenvalue weighted by atomic mass is 19.1. The maximum atomic E-state index is 13.4. The second-order valence-corrected chi connectivity index (χ2v) is 6.39. The lowest BCUT2D eigenvalue weighted by Crippen LogP contribution is -2.37. The molecule has 0 bridgehead atoms. The van der Waals surface area contributed by atoms with E-state index >= 15 is 0 Å². The van der Waals surface area contributed by atoms with Crippen LogP contribution >= 0.6 is 0 Å². The van der Waals surface area contributed by atoms with Gasteiger partial charge in [0.05, 0.1) is 6.04 Å². The van der Waals surface area contributed by atoms with Crippen LogP contribution in [0.15, 0.2) is 66.7 Å². The number of hydrogen-bond donors (Lipinski definition) is 1. The minimum Gasteiger partial charge on any atom is -0.347 e. The molecule has 2 amide bonds. The predicted octanol–water partition coefficient (Wildman–Crippen LogP) is 3.51. The normalized spacial score (nSPS) is 16.9. The van der Waals surface area contributed by atoms with Crippen molar-refractivity contribution in [2.75, 3.05) is 11.4 Å². The summed E-state index contributed by atoms with van der Waals surface area (Å²) in [5.74, 6) is -0.724. The molecular weight excluding hydrogens is 331 g/mol. The first-order chi connectivity index (χ1) is 12.6. The van der Waals surface area contributed by atoms with Crippen LogP contribution in [0.4, 0.5) is 10.1 Å². The Morgan fingerprint density at radius 1 is 1.04 bits per heavy atom. The number of nitrogens with one attached hydrogen (secondary N) is 1. The molecule has 3 aromatic rings. The van der Waals surface area contributed by atoms with Gasteiger partial charge in [-0.15, -0.1) is 0 Å². The molecular formula is C21H17FN2O2. The lowest BCUT2D eigenvalue weighted by Gasteiger charge is -2.17. The monoisotopic (exact) mass is 348 g/mol. The lowest BCUT2D eigenvalue weighted by atomic mass is 10.0. The van der Waals surface area contributed by atoms with E-state index < -0.39 is 5.82 Å². The number of carbonyl (C=O) groups excluding carboxylic acids is 2. The van der Waals surface area contributed by atoms with Crippen molar-refractivity contribution in [3.8, 4) is 0 Å². The van der Waals surface area contributed by atoms with Crippen LogP contribution in [0, 0.1) is 5.82 Å². The fourth-order valence-electron chi connectivity index (χ4n) is 3.38. The molecule has 0 unspecified atom stereocenters. The number of nitrogens with zero attached hydrogens (tertiary/aromatic N) is 1. The molecule has 26 heavy (non-hydrogen) atoms. The van der Waals surface area contributed by atoms with Gasteiger partial charge in [0.1, 0.15) is 5.82 Å². The van der Waals surface area contributed by atoms with Crippen molar-refractivity contribution in [3.63, 3.8) is 0 Å². The molecule has 4 rings (SSSR count). The number of anilines is 1. The van der Waals surface area contributed by atoms with Crippen molar-refractivity contribution >= 4 is 28.3 Å². The molecule has 1 aliphatic heterocycles. The highest BCUT2D eigenvalue weighted by Gasteiger charge is 2.32. The number of rotatable bonds is 3. The average molecular weight is 348 g/mol. The predicted molar refractivity (Wildman–Crippen MR) is 98.6 cm³/mol. The second kappa shape index (κ2) is 6.59. The van der Waals surface area contributed by atoms with Crippen molar-refractivity contribution in [1.82, 2.24) is 5.32 Å². The number of fused-ring (bicyclic) bond motifs is 1. The first-order valence-electron chi connectivity index (χ1n) is 8.46. The van der Waals surface area contributed by atoms with Gasteiger partial charge in [0.15, 0.2) is 0 Å². The lowest BCUT2D eigenvalue weighted by molar-refractivity contribution is -0.117. The molecule has 1 atom stereocenters. The summed E-state index contributed by atoms with van der Waals surface area (Å²) in [6.45, 7) is 0.332. The molecule has 0 aromatic heterocycles. The summed E-state index contributed by atoms with van der Waals surface area (Å²) in [7, 11) is 0. The van der Waals surface area contributed by atoms with E-state index in [1.807, 2.05) is 36.4 Å². The number of halogens is 1. The summed E-state index contributed by atoms with van der Waals surface area (Å²) in [4.78, 5) is 26.5.